The molecule has 0 aliphatic carbocycles. The summed E-state index contributed by atoms with van der Waals surface area (Å²) in [6.07, 6.45) is 0. The van der Waals surface area contributed by atoms with Crippen molar-refractivity contribution in [1.82, 2.24) is 0 Å². The monoisotopic (exact) mass is 114 g/mol. The zero-order valence-corrected chi connectivity index (χ0v) is 7.71. The second-order valence-electron chi connectivity index (χ2n) is 3.03. The van der Waals surface area contributed by atoms with Crippen molar-refractivity contribution in [2.75, 3.05) is 0 Å². The van der Waals surface area contributed by atoms with E-state index in [9.17, 15) is 0 Å². The SMILES string of the molecule is C=C(C)C(C)(C)[SiH3]. The lowest BCUT2D eigenvalue weighted by atomic mass is 10.1. The topological polar surface area (TPSA) is 0 Å². The molecule has 0 N–H and O–H groups in total. The van der Waals surface area contributed by atoms with Crippen molar-refractivity contribution in [2.24, 2.45) is 0 Å². The Hall–Kier alpha value is -0.0431. The summed E-state index contributed by atoms with van der Waals surface area (Å²) in [6.45, 7) is 10.4. The first-order valence-corrected chi connectivity index (χ1v) is 3.60. The fourth-order valence-electron chi connectivity index (χ4n) is 0. The van der Waals surface area contributed by atoms with Crippen molar-refractivity contribution in [3.8, 4) is 0 Å². The van der Waals surface area contributed by atoms with Crippen LogP contribution in [0.25, 0.3) is 0 Å². The smallest absolute Gasteiger partial charge is 0.0150 e. The summed E-state index contributed by atoms with van der Waals surface area (Å²) in [4.78, 5) is 0. The van der Waals surface area contributed by atoms with Crippen LogP contribution in [-0.2, 0) is 0 Å². The zero-order valence-electron chi connectivity index (χ0n) is 5.71. The number of hydrogen-bond acceptors (Lipinski definition) is 0. The highest BCUT2D eigenvalue weighted by Crippen LogP contribution is 2.26. The highest BCUT2D eigenvalue weighted by atomic mass is 28.1. The van der Waals surface area contributed by atoms with Gasteiger partial charge >= 0.3 is 0 Å². The molecule has 0 aromatic carbocycles. The molecule has 0 saturated heterocycles. The molecule has 0 radical (unpaired) electrons. The maximum Gasteiger partial charge on any atom is 0.0150 e. The second-order valence-corrected chi connectivity index (χ2v) is 5.53. The van der Waals surface area contributed by atoms with Crippen LogP contribution in [0.3, 0.4) is 0 Å². The lowest BCUT2D eigenvalue weighted by molar-refractivity contribution is 0.802. The molecule has 0 fully saturated rings. The zero-order chi connectivity index (χ0) is 6.08. The van der Waals surface area contributed by atoms with Crippen LogP contribution in [0.1, 0.15) is 20.8 Å². The van der Waals surface area contributed by atoms with Gasteiger partial charge in [-0.15, -0.1) is 0 Å². The van der Waals surface area contributed by atoms with Crippen molar-refractivity contribution in [3.63, 3.8) is 0 Å². The molecule has 0 unspecified atom stereocenters. The molecule has 42 valence electrons. The van der Waals surface area contributed by atoms with Gasteiger partial charge in [-0.3, -0.25) is 0 Å². The molecule has 0 rings (SSSR count). The van der Waals surface area contributed by atoms with Crippen molar-refractivity contribution in [3.05, 3.63) is 12.2 Å². The van der Waals surface area contributed by atoms with Gasteiger partial charge < -0.3 is 0 Å². The molecule has 1 heteroatoms. The van der Waals surface area contributed by atoms with Crippen LogP contribution in [0.15, 0.2) is 12.2 Å². The number of rotatable bonds is 1. The first-order valence-electron chi connectivity index (χ1n) is 2.60. The molecular weight excluding hydrogens is 100 g/mol. The minimum absolute atomic E-state index is 0.444. The third kappa shape index (κ3) is 2.63. The largest absolute Gasteiger partial charge is 0.0999 e. The van der Waals surface area contributed by atoms with Crippen LogP contribution < -0.4 is 0 Å². The third-order valence-electron chi connectivity index (χ3n) is 1.28. The lowest BCUT2D eigenvalue weighted by Gasteiger charge is -2.16. The summed E-state index contributed by atoms with van der Waals surface area (Å²) in [5.41, 5.74) is 1.30. The molecule has 0 spiro atoms. The molecule has 0 amide bonds. The maximum atomic E-state index is 3.86. The molecule has 0 heterocycles. The highest BCUT2D eigenvalue weighted by molar-refractivity contribution is 6.16. The van der Waals surface area contributed by atoms with E-state index in [2.05, 4.69) is 27.4 Å². The van der Waals surface area contributed by atoms with E-state index in [1.54, 1.807) is 0 Å². The van der Waals surface area contributed by atoms with Crippen molar-refractivity contribution in [1.29, 1.82) is 0 Å². The Morgan fingerprint density at radius 3 is 1.71 bits per heavy atom. The van der Waals surface area contributed by atoms with Gasteiger partial charge in [0.1, 0.15) is 0 Å². The highest BCUT2D eigenvalue weighted by Gasteiger charge is 2.08. The van der Waals surface area contributed by atoms with Gasteiger partial charge in [0.05, 0.1) is 0 Å². The number of hydrogen-bond donors (Lipinski definition) is 0. The van der Waals surface area contributed by atoms with Crippen LogP contribution in [-0.4, -0.2) is 10.2 Å². The molecule has 0 atom stereocenters. The van der Waals surface area contributed by atoms with Gasteiger partial charge in [-0.25, -0.2) is 0 Å². The van der Waals surface area contributed by atoms with Gasteiger partial charge in [0, 0.05) is 10.2 Å². The second kappa shape index (κ2) is 1.82. The van der Waals surface area contributed by atoms with Gasteiger partial charge in [-0.2, -0.15) is 0 Å². The Kier molecular flexibility index (Phi) is 1.81. The average Bonchev–Trinajstić information content (AvgIpc) is 1.31. The van der Waals surface area contributed by atoms with Gasteiger partial charge in [-0.05, 0) is 12.0 Å². The molecule has 0 nitrogen and oxygen atoms in total. The van der Waals surface area contributed by atoms with Gasteiger partial charge in [0.25, 0.3) is 0 Å². The predicted molar refractivity (Wildman–Crippen MR) is 38.8 cm³/mol. The van der Waals surface area contributed by atoms with E-state index < -0.39 is 0 Å². The van der Waals surface area contributed by atoms with E-state index in [0.29, 0.717) is 5.04 Å². The third-order valence-corrected chi connectivity index (χ3v) is 2.13. The van der Waals surface area contributed by atoms with Crippen molar-refractivity contribution < 1.29 is 0 Å². The van der Waals surface area contributed by atoms with E-state index in [-0.39, 0.29) is 0 Å². The Balaban J connectivity index is 3.79. The maximum absolute atomic E-state index is 3.86. The van der Waals surface area contributed by atoms with Crippen molar-refractivity contribution in [2.45, 2.75) is 25.8 Å². The van der Waals surface area contributed by atoms with E-state index in [1.807, 2.05) is 0 Å². The Labute approximate surface area is 49.0 Å². The fraction of sp³-hybridized carbons (Fsp3) is 0.667. The van der Waals surface area contributed by atoms with E-state index >= 15 is 0 Å². The van der Waals surface area contributed by atoms with E-state index in [0.717, 1.165) is 0 Å². The van der Waals surface area contributed by atoms with E-state index in [1.165, 1.54) is 15.8 Å². The van der Waals surface area contributed by atoms with Gasteiger partial charge in [0.15, 0.2) is 0 Å². The van der Waals surface area contributed by atoms with Gasteiger partial charge in [-0.1, -0.05) is 26.0 Å². The quantitative estimate of drug-likeness (QED) is 0.354. The summed E-state index contributed by atoms with van der Waals surface area (Å²) >= 11 is 0. The summed E-state index contributed by atoms with van der Waals surface area (Å²) in [7, 11) is 1.21. The fourth-order valence-corrected chi connectivity index (χ4v) is 0. The molecule has 0 saturated carbocycles. The first-order chi connectivity index (χ1) is 2.94. The van der Waals surface area contributed by atoms with Crippen LogP contribution in [0.5, 0.6) is 0 Å². The molecule has 0 bridgehead atoms. The van der Waals surface area contributed by atoms with Gasteiger partial charge in [0.2, 0.25) is 0 Å². The Bertz CT molecular complexity index is 76.7. The van der Waals surface area contributed by atoms with E-state index in [4.69, 9.17) is 0 Å². The first kappa shape index (κ1) is 6.96. The minimum Gasteiger partial charge on any atom is -0.0999 e. The summed E-state index contributed by atoms with van der Waals surface area (Å²) < 4.78 is 0. The molecule has 0 aliphatic rings. The molecule has 0 aliphatic heterocycles. The average molecular weight is 114 g/mol. The predicted octanol–water partition coefficient (Wildman–Crippen LogP) is 1.13. The Morgan fingerprint density at radius 1 is 1.57 bits per heavy atom. The Morgan fingerprint density at radius 2 is 1.71 bits per heavy atom. The van der Waals surface area contributed by atoms with Crippen LogP contribution in [0.2, 0.25) is 5.04 Å². The minimum atomic E-state index is 0.444. The normalized spacial score (nSPS) is 11.9. The van der Waals surface area contributed by atoms with Crippen LogP contribution >= 0.6 is 0 Å². The lowest BCUT2D eigenvalue weighted by Crippen LogP contribution is -2.01. The molecule has 7 heavy (non-hydrogen) atoms. The molecule has 0 aromatic heterocycles. The summed E-state index contributed by atoms with van der Waals surface area (Å²) in [5.74, 6) is 0. The number of allylic oxidation sites excluding steroid dienone is 1. The van der Waals surface area contributed by atoms with Crippen LogP contribution in [0.4, 0.5) is 0 Å². The summed E-state index contributed by atoms with van der Waals surface area (Å²) in [5, 5.41) is 0.444. The molecular formula is C6H14Si. The standard InChI is InChI=1S/C6H14Si/c1-5(2)6(3,4)7/h1H2,2-4,7H3. The summed E-state index contributed by atoms with van der Waals surface area (Å²) in [6, 6.07) is 0. The van der Waals surface area contributed by atoms with Crippen molar-refractivity contribution >= 4 is 10.2 Å². The van der Waals surface area contributed by atoms with Crippen LogP contribution in [0, 0.1) is 0 Å². The molecule has 0 aromatic rings.